The maximum atomic E-state index is 5.60. The van der Waals surface area contributed by atoms with E-state index in [4.69, 9.17) is 18.9 Å². The van der Waals surface area contributed by atoms with E-state index in [0.717, 1.165) is 18.1 Å². The summed E-state index contributed by atoms with van der Waals surface area (Å²) in [7, 11) is 6.54. The van der Waals surface area contributed by atoms with Crippen LogP contribution in [0.3, 0.4) is 0 Å². The van der Waals surface area contributed by atoms with Crippen LogP contribution in [0.4, 0.5) is 0 Å². The number of benzene rings is 1. The van der Waals surface area contributed by atoms with Crippen molar-refractivity contribution in [2.24, 2.45) is 10.4 Å². The summed E-state index contributed by atoms with van der Waals surface area (Å²) in [5.74, 6) is 2.54. The van der Waals surface area contributed by atoms with Crippen LogP contribution in [0.2, 0.25) is 0 Å². The molecule has 162 valence electrons. The molecule has 0 spiro atoms. The van der Waals surface area contributed by atoms with Crippen LogP contribution in [0.5, 0.6) is 17.2 Å². The van der Waals surface area contributed by atoms with Gasteiger partial charge in [-0.3, -0.25) is 0 Å². The van der Waals surface area contributed by atoms with E-state index in [1.807, 2.05) is 19.1 Å². The fourth-order valence-electron chi connectivity index (χ4n) is 2.73. The fraction of sp³-hybridized carbons (Fsp3) is 0.650. The minimum Gasteiger partial charge on any atom is -0.493 e. The lowest BCUT2D eigenvalue weighted by Gasteiger charge is -2.30. The summed E-state index contributed by atoms with van der Waals surface area (Å²) in [4.78, 5) is 4.67. The smallest absolute Gasteiger partial charge is 0.203 e. The molecule has 28 heavy (non-hydrogen) atoms. The third kappa shape index (κ3) is 7.54. The molecular weight excluding hydrogens is 473 g/mol. The Hall–Kier alpha value is -1.42. The number of methoxy groups -OCH3 is 4. The summed E-state index contributed by atoms with van der Waals surface area (Å²) in [6.07, 6.45) is 0.0666. The van der Waals surface area contributed by atoms with Gasteiger partial charge in [-0.15, -0.1) is 24.0 Å². The highest BCUT2D eigenvalue weighted by molar-refractivity contribution is 14.0. The van der Waals surface area contributed by atoms with Gasteiger partial charge in [0.1, 0.15) is 0 Å². The number of nitrogens with one attached hydrogen (secondary N) is 2. The summed E-state index contributed by atoms with van der Waals surface area (Å²) in [6, 6.07) is 3.79. The van der Waals surface area contributed by atoms with Gasteiger partial charge in [0.05, 0.1) is 34.0 Å². The molecule has 1 unspecified atom stereocenters. The van der Waals surface area contributed by atoms with Crippen LogP contribution in [-0.2, 0) is 11.3 Å². The topological polar surface area (TPSA) is 73.3 Å². The number of nitrogens with zero attached hydrogens (tertiary/aromatic N) is 1. The summed E-state index contributed by atoms with van der Waals surface area (Å²) >= 11 is 0. The van der Waals surface area contributed by atoms with Gasteiger partial charge in [-0.25, -0.2) is 4.99 Å². The molecule has 0 amide bonds. The van der Waals surface area contributed by atoms with Crippen molar-refractivity contribution in [3.05, 3.63) is 17.7 Å². The average molecular weight is 509 g/mol. The molecule has 0 radical (unpaired) electrons. The Balaban J connectivity index is 0.00000729. The van der Waals surface area contributed by atoms with Crippen molar-refractivity contribution in [1.29, 1.82) is 0 Å². The lowest BCUT2D eigenvalue weighted by atomic mass is 9.89. The second-order valence-electron chi connectivity index (χ2n) is 7.16. The predicted octanol–water partition coefficient (Wildman–Crippen LogP) is 3.45. The van der Waals surface area contributed by atoms with E-state index in [0.29, 0.717) is 30.3 Å². The van der Waals surface area contributed by atoms with E-state index in [1.54, 1.807) is 28.4 Å². The first-order chi connectivity index (χ1) is 12.8. The van der Waals surface area contributed by atoms with Crippen molar-refractivity contribution in [1.82, 2.24) is 10.6 Å². The first-order valence-electron chi connectivity index (χ1n) is 9.15. The fourth-order valence-corrected chi connectivity index (χ4v) is 2.73. The molecule has 0 bridgehead atoms. The van der Waals surface area contributed by atoms with Crippen molar-refractivity contribution >= 4 is 29.9 Å². The van der Waals surface area contributed by atoms with Gasteiger partial charge in [-0.05, 0) is 24.5 Å². The van der Waals surface area contributed by atoms with Gasteiger partial charge in [0.2, 0.25) is 5.75 Å². The van der Waals surface area contributed by atoms with Crippen LogP contribution in [0.25, 0.3) is 0 Å². The number of rotatable bonds is 9. The summed E-state index contributed by atoms with van der Waals surface area (Å²) in [5, 5.41) is 6.61. The van der Waals surface area contributed by atoms with E-state index in [2.05, 4.69) is 36.4 Å². The monoisotopic (exact) mass is 509 g/mol. The molecule has 0 aliphatic rings. The van der Waals surface area contributed by atoms with Crippen LogP contribution in [0, 0.1) is 5.41 Å². The van der Waals surface area contributed by atoms with Gasteiger partial charge < -0.3 is 29.6 Å². The van der Waals surface area contributed by atoms with Crippen molar-refractivity contribution < 1.29 is 18.9 Å². The average Bonchev–Trinajstić information content (AvgIpc) is 2.64. The van der Waals surface area contributed by atoms with Crippen molar-refractivity contribution in [2.45, 2.75) is 40.3 Å². The lowest BCUT2D eigenvalue weighted by molar-refractivity contribution is 0.0205. The molecule has 0 heterocycles. The Morgan fingerprint density at radius 3 is 2.11 bits per heavy atom. The molecule has 8 heteroatoms. The highest BCUT2D eigenvalue weighted by Crippen LogP contribution is 2.39. The normalized spacial score (nSPS) is 12.6. The number of halogens is 1. The van der Waals surface area contributed by atoms with Crippen LogP contribution < -0.4 is 24.8 Å². The van der Waals surface area contributed by atoms with E-state index in [1.165, 1.54) is 0 Å². The quantitative estimate of drug-likeness (QED) is 0.302. The Kier molecular flexibility index (Phi) is 12.3. The number of hydrogen-bond acceptors (Lipinski definition) is 5. The molecule has 0 aromatic heterocycles. The van der Waals surface area contributed by atoms with Gasteiger partial charge in [0.25, 0.3) is 0 Å². The molecule has 0 saturated heterocycles. The molecule has 2 N–H and O–H groups in total. The SMILES string of the molecule is CCNC(=NCc1ccc(OC)c(OC)c1OC)NCC(OC)C(C)(C)C.I. The lowest BCUT2D eigenvalue weighted by Crippen LogP contribution is -2.45. The summed E-state index contributed by atoms with van der Waals surface area (Å²) in [5.41, 5.74) is 0.942. The van der Waals surface area contributed by atoms with Gasteiger partial charge >= 0.3 is 0 Å². The minimum atomic E-state index is 0. The zero-order valence-electron chi connectivity index (χ0n) is 18.3. The second kappa shape index (κ2) is 12.9. The molecule has 0 fully saturated rings. The van der Waals surface area contributed by atoms with Crippen LogP contribution in [0.1, 0.15) is 33.3 Å². The second-order valence-corrected chi connectivity index (χ2v) is 7.16. The molecule has 1 atom stereocenters. The highest BCUT2D eigenvalue weighted by atomic mass is 127. The van der Waals surface area contributed by atoms with E-state index in [-0.39, 0.29) is 35.5 Å². The Bertz CT molecular complexity index is 618. The number of hydrogen-bond donors (Lipinski definition) is 2. The van der Waals surface area contributed by atoms with Crippen molar-refractivity contribution in [2.75, 3.05) is 41.5 Å². The molecule has 0 saturated carbocycles. The Labute approximate surface area is 186 Å². The Morgan fingerprint density at radius 2 is 1.64 bits per heavy atom. The Morgan fingerprint density at radius 1 is 1.00 bits per heavy atom. The summed E-state index contributed by atoms with van der Waals surface area (Å²) < 4.78 is 21.9. The minimum absolute atomic E-state index is 0. The van der Waals surface area contributed by atoms with Crippen LogP contribution in [-0.4, -0.2) is 53.6 Å². The van der Waals surface area contributed by atoms with Crippen molar-refractivity contribution in [3.8, 4) is 17.2 Å². The first-order valence-corrected chi connectivity index (χ1v) is 9.15. The zero-order chi connectivity index (χ0) is 20.4. The van der Waals surface area contributed by atoms with Gasteiger partial charge in [0, 0.05) is 25.8 Å². The first kappa shape index (κ1) is 26.6. The number of ether oxygens (including phenoxy) is 4. The predicted molar refractivity (Wildman–Crippen MR) is 125 cm³/mol. The molecule has 0 aliphatic heterocycles. The highest BCUT2D eigenvalue weighted by Gasteiger charge is 2.24. The third-order valence-electron chi connectivity index (χ3n) is 4.24. The van der Waals surface area contributed by atoms with Crippen LogP contribution >= 0.6 is 24.0 Å². The standard InChI is InChI=1S/C20H35N3O4.HI/c1-9-21-19(23-13-16(25-6)20(2,3)4)22-12-14-10-11-15(24-5)18(27-8)17(14)26-7;/h10-11,16H,9,12-13H2,1-8H3,(H2,21,22,23);1H. The third-order valence-corrected chi connectivity index (χ3v) is 4.24. The van der Waals surface area contributed by atoms with Gasteiger partial charge in [-0.2, -0.15) is 0 Å². The van der Waals surface area contributed by atoms with Crippen LogP contribution in [0.15, 0.2) is 17.1 Å². The van der Waals surface area contributed by atoms with Crippen molar-refractivity contribution in [3.63, 3.8) is 0 Å². The molecular formula is C20H36IN3O4. The molecule has 7 nitrogen and oxygen atoms in total. The molecule has 1 aromatic rings. The summed E-state index contributed by atoms with van der Waals surface area (Å²) in [6.45, 7) is 10.4. The largest absolute Gasteiger partial charge is 0.493 e. The van der Waals surface area contributed by atoms with Gasteiger partial charge in [0.15, 0.2) is 17.5 Å². The van der Waals surface area contributed by atoms with E-state index >= 15 is 0 Å². The van der Waals surface area contributed by atoms with Gasteiger partial charge in [-0.1, -0.05) is 20.8 Å². The molecule has 0 aliphatic carbocycles. The molecule has 1 rings (SSSR count). The molecule has 1 aromatic carbocycles. The number of guanidine groups is 1. The zero-order valence-corrected chi connectivity index (χ0v) is 20.7. The van der Waals surface area contributed by atoms with E-state index < -0.39 is 0 Å². The maximum absolute atomic E-state index is 5.60. The maximum Gasteiger partial charge on any atom is 0.203 e. The van der Waals surface area contributed by atoms with E-state index in [9.17, 15) is 0 Å². The number of aliphatic imine (C=N–C) groups is 1.